The standard InChI is InChI=1S/C15H19N3O2S/c1-3-10-21(19,20)18-15-9-8-13(11-16-15)17-14-7-5-4-6-12(14)2/h4-9,11,17H,3,10H2,1-2H3,(H,16,18). The maximum atomic E-state index is 11.7. The van der Waals surface area contributed by atoms with E-state index in [1.807, 2.05) is 38.1 Å². The number of rotatable bonds is 6. The van der Waals surface area contributed by atoms with Gasteiger partial charge in [0.2, 0.25) is 10.0 Å². The molecule has 0 aliphatic heterocycles. The van der Waals surface area contributed by atoms with Crippen LogP contribution in [0.25, 0.3) is 0 Å². The molecular formula is C15H19N3O2S. The summed E-state index contributed by atoms with van der Waals surface area (Å²) in [5.41, 5.74) is 2.94. The normalized spacial score (nSPS) is 11.1. The van der Waals surface area contributed by atoms with Gasteiger partial charge in [-0.3, -0.25) is 4.72 Å². The monoisotopic (exact) mass is 305 g/mol. The van der Waals surface area contributed by atoms with E-state index in [0.717, 1.165) is 16.9 Å². The first-order chi connectivity index (χ1) is 10.00. The maximum absolute atomic E-state index is 11.7. The number of anilines is 3. The van der Waals surface area contributed by atoms with Crippen LogP contribution in [0.15, 0.2) is 42.6 Å². The molecule has 112 valence electrons. The molecule has 1 heterocycles. The summed E-state index contributed by atoms with van der Waals surface area (Å²) >= 11 is 0. The molecule has 5 nitrogen and oxygen atoms in total. The number of nitrogens with zero attached hydrogens (tertiary/aromatic N) is 1. The van der Waals surface area contributed by atoms with Gasteiger partial charge in [-0.15, -0.1) is 0 Å². The number of hydrogen-bond acceptors (Lipinski definition) is 4. The summed E-state index contributed by atoms with van der Waals surface area (Å²) in [6, 6.07) is 11.4. The van der Waals surface area contributed by atoms with Crippen LogP contribution in [0, 0.1) is 6.92 Å². The second-order valence-corrected chi connectivity index (χ2v) is 6.63. The zero-order valence-corrected chi connectivity index (χ0v) is 12.9. The third-order valence-electron chi connectivity index (χ3n) is 2.92. The van der Waals surface area contributed by atoms with Crippen LogP contribution in [0.1, 0.15) is 18.9 Å². The number of nitrogens with one attached hydrogen (secondary N) is 2. The van der Waals surface area contributed by atoms with Crippen LogP contribution in [0.4, 0.5) is 17.2 Å². The minimum Gasteiger partial charge on any atom is -0.354 e. The van der Waals surface area contributed by atoms with Crippen molar-refractivity contribution in [3.8, 4) is 0 Å². The summed E-state index contributed by atoms with van der Waals surface area (Å²) in [5.74, 6) is 0.427. The first-order valence-corrected chi connectivity index (χ1v) is 8.44. The van der Waals surface area contributed by atoms with Crippen LogP contribution >= 0.6 is 0 Å². The van der Waals surface area contributed by atoms with Gasteiger partial charge in [-0.2, -0.15) is 0 Å². The first kappa shape index (κ1) is 15.3. The van der Waals surface area contributed by atoms with E-state index < -0.39 is 10.0 Å². The highest BCUT2D eigenvalue weighted by Crippen LogP contribution is 2.20. The molecule has 1 aromatic heterocycles. The Bertz CT molecular complexity index is 697. The smallest absolute Gasteiger partial charge is 0.233 e. The van der Waals surface area contributed by atoms with E-state index in [-0.39, 0.29) is 5.75 Å². The van der Waals surface area contributed by atoms with Crippen LogP contribution < -0.4 is 10.0 Å². The van der Waals surface area contributed by atoms with E-state index in [0.29, 0.717) is 12.2 Å². The lowest BCUT2D eigenvalue weighted by atomic mass is 10.2. The van der Waals surface area contributed by atoms with Gasteiger partial charge in [0.25, 0.3) is 0 Å². The van der Waals surface area contributed by atoms with E-state index in [9.17, 15) is 8.42 Å². The molecule has 0 saturated carbocycles. The Hall–Kier alpha value is -2.08. The molecule has 0 fully saturated rings. The molecule has 0 radical (unpaired) electrons. The molecule has 0 bridgehead atoms. The molecular weight excluding hydrogens is 286 g/mol. The summed E-state index contributed by atoms with van der Waals surface area (Å²) in [4.78, 5) is 4.12. The van der Waals surface area contributed by atoms with Crippen LogP contribution in [0.2, 0.25) is 0 Å². The third-order valence-corrected chi connectivity index (χ3v) is 4.39. The van der Waals surface area contributed by atoms with Crippen molar-refractivity contribution in [3.63, 3.8) is 0 Å². The second kappa shape index (κ2) is 6.58. The minimum atomic E-state index is -3.30. The molecule has 21 heavy (non-hydrogen) atoms. The van der Waals surface area contributed by atoms with Gasteiger partial charge < -0.3 is 5.32 Å². The van der Waals surface area contributed by atoms with E-state index in [1.54, 1.807) is 18.3 Å². The predicted molar refractivity (Wildman–Crippen MR) is 86.4 cm³/mol. The highest BCUT2D eigenvalue weighted by molar-refractivity contribution is 7.92. The summed E-state index contributed by atoms with van der Waals surface area (Å²) in [6.45, 7) is 3.84. The summed E-state index contributed by atoms with van der Waals surface area (Å²) in [7, 11) is -3.30. The molecule has 0 unspecified atom stereocenters. The lowest BCUT2D eigenvalue weighted by Crippen LogP contribution is -2.16. The SMILES string of the molecule is CCCS(=O)(=O)Nc1ccc(Nc2ccccc2C)cn1. The van der Waals surface area contributed by atoms with E-state index in [1.165, 1.54) is 0 Å². The van der Waals surface area contributed by atoms with Gasteiger partial charge in [0, 0.05) is 5.69 Å². The summed E-state index contributed by atoms with van der Waals surface area (Å²) < 4.78 is 25.8. The Morgan fingerprint density at radius 1 is 1.14 bits per heavy atom. The molecule has 0 saturated heterocycles. The molecule has 0 aliphatic carbocycles. The van der Waals surface area contributed by atoms with Crippen molar-refractivity contribution in [2.75, 3.05) is 15.8 Å². The topological polar surface area (TPSA) is 71.1 Å². The van der Waals surface area contributed by atoms with E-state index in [4.69, 9.17) is 0 Å². The number of benzene rings is 1. The predicted octanol–water partition coefficient (Wildman–Crippen LogP) is 3.29. The maximum Gasteiger partial charge on any atom is 0.233 e. The molecule has 1 aromatic carbocycles. The molecule has 0 spiro atoms. The number of aryl methyl sites for hydroxylation is 1. The minimum absolute atomic E-state index is 0.0951. The first-order valence-electron chi connectivity index (χ1n) is 6.79. The van der Waals surface area contributed by atoms with E-state index in [2.05, 4.69) is 15.0 Å². The van der Waals surface area contributed by atoms with Crippen molar-refractivity contribution in [2.45, 2.75) is 20.3 Å². The number of hydrogen-bond donors (Lipinski definition) is 2. The number of aromatic nitrogens is 1. The van der Waals surface area contributed by atoms with Crippen molar-refractivity contribution in [1.29, 1.82) is 0 Å². The average molecular weight is 305 g/mol. The molecule has 0 amide bonds. The average Bonchev–Trinajstić information content (AvgIpc) is 2.43. The second-order valence-electron chi connectivity index (χ2n) is 4.79. The van der Waals surface area contributed by atoms with Crippen LogP contribution in [0.5, 0.6) is 0 Å². The largest absolute Gasteiger partial charge is 0.354 e. The highest BCUT2D eigenvalue weighted by atomic mass is 32.2. The van der Waals surface area contributed by atoms with Crippen LogP contribution in [-0.2, 0) is 10.0 Å². The van der Waals surface area contributed by atoms with Gasteiger partial charge in [-0.05, 0) is 37.1 Å². The lowest BCUT2D eigenvalue weighted by molar-refractivity contribution is 0.599. The molecule has 0 aliphatic rings. The van der Waals surface area contributed by atoms with Gasteiger partial charge in [-0.1, -0.05) is 25.1 Å². The Morgan fingerprint density at radius 2 is 1.90 bits per heavy atom. The van der Waals surface area contributed by atoms with Gasteiger partial charge in [0.05, 0.1) is 17.6 Å². The number of pyridine rings is 1. The third kappa shape index (κ3) is 4.46. The van der Waals surface area contributed by atoms with Crippen LogP contribution in [-0.4, -0.2) is 19.2 Å². The molecule has 0 atom stereocenters. The quantitative estimate of drug-likeness (QED) is 0.859. The van der Waals surface area contributed by atoms with Crippen molar-refractivity contribution in [3.05, 3.63) is 48.2 Å². The Balaban J connectivity index is 2.08. The zero-order chi connectivity index (χ0) is 15.3. The van der Waals surface area contributed by atoms with Gasteiger partial charge in [-0.25, -0.2) is 13.4 Å². The van der Waals surface area contributed by atoms with Crippen molar-refractivity contribution in [2.24, 2.45) is 0 Å². The van der Waals surface area contributed by atoms with Gasteiger partial charge in [0.15, 0.2) is 0 Å². The fourth-order valence-corrected chi connectivity index (χ4v) is 2.95. The van der Waals surface area contributed by atoms with Gasteiger partial charge in [0.1, 0.15) is 5.82 Å². The Morgan fingerprint density at radius 3 is 2.52 bits per heavy atom. The number of para-hydroxylation sites is 1. The highest BCUT2D eigenvalue weighted by Gasteiger charge is 2.09. The van der Waals surface area contributed by atoms with Crippen molar-refractivity contribution < 1.29 is 8.42 Å². The molecule has 2 rings (SSSR count). The molecule has 6 heteroatoms. The van der Waals surface area contributed by atoms with Crippen molar-refractivity contribution >= 4 is 27.2 Å². The molecule has 2 aromatic rings. The molecule has 2 N–H and O–H groups in total. The lowest BCUT2D eigenvalue weighted by Gasteiger charge is -2.10. The van der Waals surface area contributed by atoms with Crippen LogP contribution in [0.3, 0.4) is 0 Å². The summed E-state index contributed by atoms with van der Waals surface area (Å²) in [6.07, 6.45) is 2.18. The van der Waals surface area contributed by atoms with E-state index >= 15 is 0 Å². The fraction of sp³-hybridized carbons (Fsp3) is 0.267. The number of sulfonamides is 1. The Labute approximate surface area is 125 Å². The van der Waals surface area contributed by atoms with Crippen molar-refractivity contribution in [1.82, 2.24) is 4.98 Å². The summed E-state index contributed by atoms with van der Waals surface area (Å²) in [5, 5.41) is 3.25. The Kier molecular flexibility index (Phi) is 4.80. The van der Waals surface area contributed by atoms with Gasteiger partial charge >= 0.3 is 0 Å². The fourth-order valence-electron chi connectivity index (χ4n) is 1.88. The zero-order valence-electron chi connectivity index (χ0n) is 12.1.